The van der Waals surface area contributed by atoms with Crippen LogP contribution in [0.5, 0.6) is 0 Å². The average Bonchev–Trinajstić information content (AvgIpc) is 2.37. The van der Waals surface area contributed by atoms with E-state index in [9.17, 15) is 4.79 Å². The number of carbonyl (C=O) groups excluding carboxylic acids is 1. The number of esters is 1. The normalized spacial score (nSPS) is 12.3. The molecular weight excluding hydrogens is 232 g/mol. The van der Waals surface area contributed by atoms with E-state index >= 15 is 0 Å². The van der Waals surface area contributed by atoms with Crippen LogP contribution >= 0.6 is 0 Å². The Bertz CT molecular complexity index is 394. The molecule has 1 unspecified atom stereocenters. The number of methoxy groups -OCH3 is 1. The van der Waals surface area contributed by atoms with Gasteiger partial charge in [0.25, 0.3) is 0 Å². The summed E-state index contributed by atoms with van der Waals surface area (Å²) in [4.78, 5) is 15.8. The molecule has 1 rings (SSSR count). The lowest BCUT2D eigenvalue weighted by molar-refractivity contribution is 0.0601. The van der Waals surface area contributed by atoms with Gasteiger partial charge in [0.2, 0.25) is 0 Å². The molecule has 0 spiro atoms. The maximum Gasteiger partial charge on any atom is 0.341 e. The summed E-state index contributed by atoms with van der Waals surface area (Å²) >= 11 is 0. The van der Waals surface area contributed by atoms with Crippen LogP contribution in [0, 0.1) is 5.92 Å². The minimum absolute atomic E-state index is 0.0632. The van der Waals surface area contributed by atoms with Gasteiger partial charge < -0.3 is 15.2 Å². The summed E-state index contributed by atoms with van der Waals surface area (Å²) in [5.41, 5.74) is 0.406. The van der Waals surface area contributed by atoms with Gasteiger partial charge in [0.15, 0.2) is 0 Å². The minimum atomic E-state index is -0.419. The lowest BCUT2D eigenvalue weighted by Gasteiger charge is -2.23. The number of nitrogens with one attached hydrogen (secondary N) is 1. The third-order valence-corrected chi connectivity index (χ3v) is 2.78. The number of pyridine rings is 1. The molecule has 0 aromatic carbocycles. The molecule has 0 fully saturated rings. The molecule has 5 nitrogen and oxygen atoms in total. The Morgan fingerprint density at radius 1 is 1.56 bits per heavy atom. The zero-order chi connectivity index (χ0) is 13.5. The van der Waals surface area contributed by atoms with Crippen LogP contribution in [0.2, 0.25) is 0 Å². The van der Waals surface area contributed by atoms with Gasteiger partial charge in [-0.25, -0.2) is 9.78 Å². The zero-order valence-corrected chi connectivity index (χ0v) is 11.0. The summed E-state index contributed by atoms with van der Waals surface area (Å²) in [5.74, 6) is 0.401. The van der Waals surface area contributed by atoms with Crippen molar-refractivity contribution in [3.05, 3.63) is 23.9 Å². The molecule has 0 amide bonds. The molecule has 1 aromatic rings. The van der Waals surface area contributed by atoms with Gasteiger partial charge in [0.05, 0.1) is 7.11 Å². The molecule has 1 aromatic heterocycles. The fraction of sp³-hybridized carbons (Fsp3) is 0.538. The van der Waals surface area contributed by atoms with Gasteiger partial charge in [0, 0.05) is 18.8 Å². The molecule has 100 valence electrons. The fourth-order valence-corrected chi connectivity index (χ4v) is 1.68. The highest BCUT2D eigenvalue weighted by molar-refractivity contribution is 5.94. The molecule has 0 aliphatic heterocycles. The van der Waals surface area contributed by atoms with Crippen molar-refractivity contribution >= 4 is 11.8 Å². The van der Waals surface area contributed by atoms with Crippen molar-refractivity contribution in [2.24, 2.45) is 5.92 Å². The van der Waals surface area contributed by atoms with E-state index in [1.54, 1.807) is 18.3 Å². The first-order chi connectivity index (χ1) is 8.60. The maximum absolute atomic E-state index is 11.6. The Labute approximate surface area is 107 Å². The highest BCUT2D eigenvalue weighted by atomic mass is 16.5. The Kier molecular flexibility index (Phi) is 5.58. The highest BCUT2D eigenvalue weighted by Gasteiger charge is 2.18. The molecular formula is C13H20N2O3. The van der Waals surface area contributed by atoms with Crippen molar-refractivity contribution in [2.75, 3.05) is 19.0 Å². The molecule has 18 heavy (non-hydrogen) atoms. The second-order valence-electron chi connectivity index (χ2n) is 4.40. The SMILES string of the molecule is COC(=O)c1cccnc1NC(CCO)C(C)C. The zero-order valence-electron chi connectivity index (χ0n) is 11.0. The number of hydrogen-bond donors (Lipinski definition) is 2. The Morgan fingerprint density at radius 3 is 2.83 bits per heavy atom. The largest absolute Gasteiger partial charge is 0.465 e. The second-order valence-corrected chi connectivity index (χ2v) is 4.40. The number of ether oxygens (including phenoxy) is 1. The molecule has 0 radical (unpaired) electrons. The Hall–Kier alpha value is -1.62. The lowest BCUT2D eigenvalue weighted by atomic mass is 10.0. The molecule has 0 bridgehead atoms. The van der Waals surface area contributed by atoms with Gasteiger partial charge in [0.1, 0.15) is 11.4 Å². The van der Waals surface area contributed by atoms with Crippen LogP contribution in [-0.4, -0.2) is 35.8 Å². The van der Waals surface area contributed by atoms with Crippen molar-refractivity contribution in [1.29, 1.82) is 0 Å². The van der Waals surface area contributed by atoms with Gasteiger partial charge in [-0.1, -0.05) is 13.8 Å². The van der Waals surface area contributed by atoms with E-state index in [-0.39, 0.29) is 12.6 Å². The number of rotatable bonds is 6. The van der Waals surface area contributed by atoms with Crippen LogP contribution in [0.4, 0.5) is 5.82 Å². The molecule has 1 heterocycles. The van der Waals surface area contributed by atoms with Crippen LogP contribution in [0.15, 0.2) is 18.3 Å². The van der Waals surface area contributed by atoms with Crippen molar-refractivity contribution < 1.29 is 14.6 Å². The van der Waals surface area contributed by atoms with E-state index in [1.165, 1.54) is 7.11 Å². The molecule has 0 aliphatic carbocycles. The number of aliphatic hydroxyl groups excluding tert-OH is 1. The monoisotopic (exact) mass is 252 g/mol. The van der Waals surface area contributed by atoms with Crippen molar-refractivity contribution in [3.8, 4) is 0 Å². The van der Waals surface area contributed by atoms with E-state index in [0.29, 0.717) is 23.7 Å². The number of carbonyl (C=O) groups is 1. The first-order valence-electron chi connectivity index (χ1n) is 6.00. The topological polar surface area (TPSA) is 71.5 Å². The van der Waals surface area contributed by atoms with Gasteiger partial charge in [-0.05, 0) is 24.5 Å². The number of anilines is 1. The quantitative estimate of drug-likeness (QED) is 0.754. The van der Waals surface area contributed by atoms with Crippen molar-refractivity contribution in [1.82, 2.24) is 4.98 Å². The summed E-state index contributed by atoms with van der Waals surface area (Å²) in [7, 11) is 1.34. The summed E-state index contributed by atoms with van der Waals surface area (Å²) in [6.45, 7) is 4.19. The van der Waals surface area contributed by atoms with Crippen LogP contribution in [-0.2, 0) is 4.74 Å². The van der Waals surface area contributed by atoms with Crippen LogP contribution in [0.1, 0.15) is 30.6 Å². The summed E-state index contributed by atoms with van der Waals surface area (Å²) in [6.07, 6.45) is 2.22. The molecule has 0 saturated heterocycles. The van der Waals surface area contributed by atoms with Crippen LogP contribution in [0.3, 0.4) is 0 Å². The van der Waals surface area contributed by atoms with E-state index < -0.39 is 5.97 Å². The van der Waals surface area contributed by atoms with Crippen molar-refractivity contribution in [2.45, 2.75) is 26.3 Å². The van der Waals surface area contributed by atoms with Crippen LogP contribution in [0.25, 0.3) is 0 Å². The van der Waals surface area contributed by atoms with Gasteiger partial charge in [-0.15, -0.1) is 0 Å². The average molecular weight is 252 g/mol. The highest BCUT2D eigenvalue weighted by Crippen LogP contribution is 2.17. The molecule has 2 N–H and O–H groups in total. The number of aliphatic hydroxyl groups is 1. The fourth-order valence-electron chi connectivity index (χ4n) is 1.68. The van der Waals surface area contributed by atoms with E-state index in [0.717, 1.165) is 0 Å². The van der Waals surface area contributed by atoms with Gasteiger partial charge in [-0.3, -0.25) is 0 Å². The summed E-state index contributed by atoms with van der Waals surface area (Å²) < 4.78 is 4.71. The van der Waals surface area contributed by atoms with E-state index in [2.05, 4.69) is 10.3 Å². The van der Waals surface area contributed by atoms with Crippen LogP contribution < -0.4 is 5.32 Å². The third kappa shape index (κ3) is 3.70. The first-order valence-corrected chi connectivity index (χ1v) is 6.00. The molecule has 0 saturated carbocycles. The third-order valence-electron chi connectivity index (χ3n) is 2.78. The predicted octanol–water partition coefficient (Wildman–Crippen LogP) is 1.69. The molecule has 1 atom stereocenters. The van der Waals surface area contributed by atoms with Gasteiger partial charge >= 0.3 is 5.97 Å². The van der Waals surface area contributed by atoms with E-state index in [1.807, 2.05) is 13.8 Å². The number of nitrogens with zero attached hydrogens (tertiary/aromatic N) is 1. The molecule has 5 heteroatoms. The minimum Gasteiger partial charge on any atom is -0.465 e. The number of aromatic nitrogens is 1. The first kappa shape index (κ1) is 14.4. The Balaban J connectivity index is 2.91. The Morgan fingerprint density at radius 2 is 2.28 bits per heavy atom. The number of hydrogen-bond acceptors (Lipinski definition) is 5. The second kappa shape index (κ2) is 6.96. The standard InChI is InChI=1S/C13H20N2O3/c1-9(2)11(6-8-16)15-12-10(13(17)18-3)5-4-7-14-12/h4-5,7,9,11,16H,6,8H2,1-3H3,(H,14,15). The lowest BCUT2D eigenvalue weighted by Crippen LogP contribution is -2.28. The molecule has 0 aliphatic rings. The van der Waals surface area contributed by atoms with Crippen molar-refractivity contribution in [3.63, 3.8) is 0 Å². The van der Waals surface area contributed by atoms with E-state index in [4.69, 9.17) is 9.84 Å². The maximum atomic E-state index is 11.6. The predicted molar refractivity (Wildman–Crippen MR) is 69.5 cm³/mol. The summed E-state index contributed by atoms with van der Waals surface area (Å²) in [5, 5.41) is 12.2. The smallest absolute Gasteiger partial charge is 0.341 e. The summed E-state index contributed by atoms with van der Waals surface area (Å²) in [6, 6.07) is 3.42. The van der Waals surface area contributed by atoms with Gasteiger partial charge in [-0.2, -0.15) is 0 Å².